The molecule has 174 valence electrons. The topological polar surface area (TPSA) is 74.5 Å². The van der Waals surface area contributed by atoms with Crippen LogP contribution in [0.5, 0.6) is 0 Å². The summed E-state index contributed by atoms with van der Waals surface area (Å²) in [6, 6.07) is 10.9. The molecule has 4 rings (SSSR count). The Morgan fingerprint density at radius 2 is 1.94 bits per heavy atom. The lowest BCUT2D eigenvalue weighted by Crippen LogP contribution is -2.48. The molecule has 1 aliphatic rings. The smallest absolute Gasteiger partial charge is 0.217 e. The lowest BCUT2D eigenvalue weighted by atomic mass is 9.85. The highest BCUT2D eigenvalue weighted by atomic mass is 19.1. The van der Waals surface area contributed by atoms with E-state index in [1.54, 1.807) is 12.5 Å². The van der Waals surface area contributed by atoms with Crippen LogP contribution in [-0.2, 0) is 17.6 Å². The molecule has 1 aliphatic carbocycles. The number of hydrogen-bond donors (Lipinski definition) is 3. The molecular formula is C26H28F2N2O3. The maximum Gasteiger partial charge on any atom is 0.217 e. The van der Waals surface area contributed by atoms with Gasteiger partial charge in [-0.05, 0) is 72.2 Å². The maximum atomic E-state index is 13.6. The van der Waals surface area contributed by atoms with E-state index in [4.69, 9.17) is 4.42 Å². The predicted molar refractivity (Wildman–Crippen MR) is 121 cm³/mol. The van der Waals surface area contributed by atoms with Gasteiger partial charge in [0.05, 0.1) is 24.7 Å². The van der Waals surface area contributed by atoms with Gasteiger partial charge in [-0.2, -0.15) is 0 Å². The van der Waals surface area contributed by atoms with E-state index in [0.717, 1.165) is 36.5 Å². The summed E-state index contributed by atoms with van der Waals surface area (Å²) in [7, 11) is 0. The van der Waals surface area contributed by atoms with Gasteiger partial charge < -0.3 is 20.2 Å². The van der Waals surface area contributed by atoms with Crippen molar-refractivity contribution in [3.8, 4) is 11.1 Å². The van der Waals surface area contributed by atoms with E-state index in [1.165, 1.54) is 30.2 Å². The first kappa shape index (κ1) is 23.1. The van der Waals surface area contributed by atoms with Crippen molar-refractivity contribution >= 4 is 5.91 Å². The molecule has 1 aromatic heterocycles. The number of carbonyl (C=O) groups excluding carboxylic acids is 1. The van der Waals surface area contributed by atoms with Gasteiger partial charge >= 0.3 is 0 Å². The first-order valence-electron chi connectivity index (χ1n) is 11.2. The molecule has 0 spiro atoms. The quantitative estimate of drug-likeness (QED) is 0.475. The molecule has 0 radical (unpaired) electrons. The van der Waals surface area contributed by atoms with Gasteiger partial charge in [0.2, 0.25) is 5.91 Å². The van der Waals surface area contributed by atoms with Gasteiger partial charge in [0, 0.05) is 31.1 Å². The van der Waals surface area contributed by atoms with Gasteiger partial charge in [-0.1, -0.05) is 12.1 Å². The third kappa shape index (κ3) is 5.86. The fraction of sp³-hybridized carbons (Fsp3) is 0.346. The van der Waals surface area contributed by atoms with E-state index >= 15 is 0 Å². The molecule has 7 heteroatoms. The van der Waals surface area contributed by atoms with Gasteiger partial charge in [0.25, 0.3) is 0 Å². The Bertz CT molecular complexity index is 1080. The summed E-state index contributed by atoms with van der Waals surface area (Å²) in [5.74, 6) is -1.69. The van der Waals surface area contributed by atoms with E-state index in [0.29, 0.717) is 5.56 Å². The summed E-state index contributed by atoms with van der Waals surface area (Å²) >= 11 is 0. The molecule has 1 heterocycles. The highest BCUT2D eigenvalue weighted by Crippen LogP contribution is 2.33. The average Bonchev–Trinajstić information content (AvgIpc) is 3.30. The molecule has 33 heavy (non-hydrogen) atoms. The molecule has 0 aliphatic heterocycles. The van der Waals surface area contributed by atoms with E-state index < -0.39 is 23.8 Å². The Hall–Kier alpha value is -3.03. The van der Waals surface area contributed by atoms with Gasteiger partial charge in [-0.25, -0.2) is 8.78 Å². The van der Waals surface area contributed by atoms with Crippen molar-refractivity contribution < 1.29 is 23.1 Å². The standard InChI is InChI=1S/C26H28F2N2O3/c1-16(31)30-25(11-17-9-21(27)13-22(28)10-17)26(32)14-29-24-4-2-3-18-5-6-19(12-23(18)24)20-7-8-33-15-20/h5-10,12-13,15,24-26,29,32H,2-4,11,14H2,1H3,(H,30,31)/t24-,25-,26-/m0/s1. The minimum atomic E-state index is -0.942. The number of fused-ring (bicyclic) bond motifs is 1. The predicted octanol–water partition coefficient (Wildman–Crippen LogP) is 4.30. The summed E-state index contributed by atoms with van der Waals surface area (Å²) in [5.41, 5.74) is 4.92. The average molecular weight is 455 g/mol. The van der Waals surface area contributed by atoms with E-state index in [-0.39, 0.29) is 24.9 Å². The number of benzene rings is 2. The summed E-state index contributed by atoms with van der Waals surface area (Å²) < 4.78 is 32.4. The first-order valence-corrected chi connectivity index (χ1v) is 11.2. The molecule has 3 aromatic rings. The second-order valence-corrected chi connectivity index (χ2v) is 8.63. The number of carbonyl (C=O) groups is 1. The zero-order valence-electron chi connectivity index (χ0n) is 18.5. The molecule has 3 atom stereocenters. The number of aliphatic hydroxyl groups excluding tert-OH is 1. The van der Waals surface area contributed by atoms with Crippen molar-refractivity contribution in [3.05, 3.63) is 83.3 Å². The van der Waals surface area contributed by atoms with Crippen molar-refractivity contribution in [2.24, 2.45) is 0 Å². The number of furan rings is 1. The minimum absolute atomic E-state index is 0.0554. The minimum Gasteiger partial charge on any atom is -0.472 e. The molecule has 0 saturated heterocycles. The normalized spacial score (nSPS) is 17.3. The van der Waals surface area contributed by atoms with Crippen molar-refractivity contribution in [1.82, 2.24) is 10.6 Å². The number of nitrogens with one attached hydrogen (secondary N) is 2. The van der Waals surface area contributed by atoms with Gasteiger partial charge in [0.15, 0.2) is 0 Å². The number of halogens is 2. The summed E-state index contributed by atoms with van der Waals surface area (Å²) in [4.78, 5) is 11.7. The first-order chi connectivity index (χ1) is 15.9. The van der Waals surface area contributed by atoms with Gasteiger partial charge in [-0.3, -0.25) is 4.79 Å². The number of hydrogen-bond acceptors (Lipinski definition) is 4. The van der Waals surface area contributed by atoms with Crippen LogP contribution in [0.4, 0.5) is 8.78 Å². The summed E-state index contributed by atoms with van der Waals surface area (Å²) in [5, 5.41) is 17.0. The number of rotatable bonds is 8. The van der Waals surface area contributed by atoms with Crippen LogP contribution in [0.3, 0.4) is 0 Å². The monoisotopic (exact) mass is 454 g/mol. The zero-order chi connectivity index (χ0) is 23.4. The molecule has 0 bridgehead atoms. The zero-order valence-corrected chi connectivity index (χ0v) is 18.5. The lowest BCUT2D eigenvalue weighted by Gasteiger charge is -2.30. The van der Waals surface area contributed by atoms with Crippen LogP contribution in [0.15, 0.2) is 59.4 Å². The fourth-order valence-corrected chi connectivity index (χ4v) is 4.55. The van der Waals surface area contributed by atoms with E-state index in [9.17, 15) is 18.7 Å². The largest absolute Gasteiger partial charge is 0.472 e. The molecule has 0 fully saturated rings. The third-order valence-electron chi connectivity index (χ3n) is 6.12. The van der Waals surface area contributed by atoms with Gasteiger partial charge in [0.1, 0.15) is 11.6 Å². The lowest BCUT2D eigenvalue weighted by molar-refractivity contribution is -0.120. The number of amides is 1. The van der Waals surface area contributed by atoms with E-state index in [1.807, 2.05) is 6.07 Å². The third-order valence-corrected chi connectivity index (χ3v) is 6.12. The Balaban J connectivity index is 1.47. The number of aryl methyl sites for hydroxylation is 1. The van der Waals surface area contributed by atoms with E-state index in [2.05, 4.69) is 28.8 Å². The second-order valence-electron chi connectivity index (χ2n) is 8.63. The van der Waals surface area contributed by atoms with Crippen LogP contribution >= 0.6 is 0 Å². The molecule has 5 nitrogen and oxygen atoms in total. The Labute approximate surface area is 191 Å². The summed E-state index contributed by atoms with van der Waals surface area (Å²) in [6.07, 6.45) is 5.49. The van der Waals surface area contributed by atoms with Crippen LogP contribution in [-0.4, -0.2) is 29.7 Å². The molecule has 3 N–H and O–H groups in total. The SMILES string of the molecule is CC(=O)N[C@@H](Cc1cc(F)cc(F)c1)[C@@H](O)CN[C@H]1CCCc2ccc(-c3ccoc3)cc21. The highest BCUT2D eigenvalue weighted by Gasteiger charge is 2.25. The second kappa shape index (κ2) is 10.3. The van der Waals surface area contributed by atoms with Crippen LogP contribution in [0.1, 0.15) is 42.5 Å². The van der Waals surface area contributed by atoms with Crippen molar-refractivity contribution in [2.45, 2.75) is 50.8 Å². The van der Waals surface area contributed by atoms with Gasteiger partial charge in [-0.15, -0.1) is 0 Å². The molecular weight excluding hydrogens is 426 g/mol. The number of aliphatic hydroxyl groups is 1. The van der Waals surface area contributed by atoms with Crippen LogP contribution in [0.2, 0.25) is 0 Å². The molecule has 0 saturated carbocycles. The van der Waals surface area contributed by atoms with Crippen molar-refractivity contribution in [1.29, 1.82) is 0 Å². The molecule has 2 aromatic carbocycles. The van der Waals surface area contributed by atoms with Crippen molar-refractivity contribution in [2.75, 3.05) is 6.54 Å². The summed E-state index contributed by atoms with van der Waals surface area (Å²) in [6.45, 7) is 1.58. The molecule has 0 unspecified atom stereocenters. The Morgan fingerprint density at radius 3 is 2.64 bits per heavy atom. The maximum absolute atomic E-state index is 13.6. The van der Waals surface area contributed by atoms with Crippen LogP contribution in [0.25, 0.3) is 11.1 Å². The van der Waals surface area contributed by atoms with Crippen molar-refractivity contribution in [3.63, 3.8) is 0 Å². The Morgan fingerprint density at radius 1 is 1.15 bits per heavy atom. The highest BCUT2D eigenvalue weighted by molar-refractivity contribution is 5.73. The molecule has 1 amide bonds. The van der Waals surface area contributed by atoms with Crippen LogP contribution in [0, 0.1) is 11.6 Å². The fourth-order valence-electron chi connectivity index (χ4n) is 4.55. The van der Waals surface area contributed by atoms with Crippen LogP contribution < -0.4 is 10.6 Å². The Kier molecular flexibility index (Phi) is 7.20.